The molecule has 0 unspecified atom stereocenters. The summed E-state index contributed by atoms with van der Waals surface area (Å²) in [4.78, 5) is 9.47. The van der Waals surface area contributed by atoms with Crippen molar-refractivity contribution in [2.45, 2.75) is 0 Å². The van der Waals surface area contributed by atoms with Crippen LogP contribution in [-0.2, 0) is 0 Å². The topological polar surface area (TPSA) is 58.8 Å². The Morgan fingerprint density at radius 2 is 0.885 bits per heavy atom. The quantitative estimate of drug-likeness (QED) is 0.163. The first-order chi connectivity index (χ1) is 30.2. The molecule has 9 aromatic carbocycles. The largest absolute Gasteiger partial charge is 0.456 e. The Balaban J connectivity index is 0.979. The first-order valence-corrected chi connectivity index (χ1v) is 20.4. The summed E-state index contributed by atoms with van der Waals surface area (Å²) in [7, 11) is 0. The number of rotatable bonds is 5. The van der Waals surface area contributed by atoms with E-state index in [-0.39, 0.29) is 0 Å². The van der Waals surface area contributed by atoms with Gasteiger partial charge in [-0.1, -0.05) is 109 Å². The van der Waals surface area contributed by atoms with Crippen molar-refractivity contribution in [1.29, 1.82) is 5.26 Å². The molecule has 3 heterocycles. The van der Waals surface area contributed by atoms with Crippen molar-refractivity contribution in [3.63, 3.8) is 0 Å². The van der Waals surface area contributed by atoms with Crippen molar-refractivity contribution in [2.24, 2.45) is 0 Å². The third-order valence-corrected chi connectivity index (χ3v) is 12.2. The van der Waals surface area contributed by atoms with Crippen molar-refractivity contribution in [3.05, 3.63) is 206 Å². The molecule has 282 valence electrons. The summed E-state index contributed by atoms with van der Waals surface area (Å²) in [6.45, 7) is 0. The Labute approximate surface area is 352 Å². The summed E-state index contributed by atoms with van der Waals surface area (Å²) in [6, 6.07) is 68.7. The minimum Gasteiger partial charge on any atom is -0.456 e. The highest BCUT2D eigenvalue weighted by atomic mass is 16.5. The Kier molecular flexibility index (Phi) is 7.88. The van der Waals surface area contributed by atoms with E-state index < -0.39 is 0 Å². The number of benzene rings is 9. The molecule has 0 spiro atoms. The predicted octanol–water partition coefficient (Wildman–Crippen LogP) is 15.1. The molecule has 2 aromatic heterocycles. The van der Waals surface area contributed by atoms with Gasteiger partial charge in [0.05, 0.1) is 23.0 Å². The van der Waals surface area contributed by atoms with Crippen LogP contribution in [0.3, 0.4) is 0 Å². The number of hydrogen-bond acceptors (Lipinski definition) is 4. The van der Waals surface area contributed by atoms with Gasteiger partial charge < -0.3 is 4.74 Å². The second-order valence-electron chi connectivity index (χ2n) is 15.6. The summed E-state index contributed by atoms with van der Waals surface area (Å²) >= 11 is 0. The second-order valence-corrected chi connectivity index (χ2v) is 15.6. The number of nitrogens with zero attached hydrogens (tertiary/aromatic N) is 3. The number of nitriles is 1. The summed E-state index contributed by atoms with van der Waals surface area (Å²) in [5.74, 6) is 1.59. The highest BCUT2D eigenvalue weighted by Crippen LogP contribution is 2.49. The van der Waals surface area contributed by atoms with Crippen LogP contribution < -0.4 is 4.74 Å². The molecule has 12 rings (SSSR count). The van der Waals surface area contributed by atoms with Gasteiger partial charge in [-0.25, -0.2) is 0 Å². The Bertz CT molecular complexity index is 3550. The van der Waals surface area contributed by atoms with Crippen LogP contribution in [0.15, 0.2) is 200 Å². The first kappa shape index (κ1) is 34.6. The van der Waals surface area contributed by atoms with Crippen molar-refractivity contribution in [3.8, 4) is 84.6 Å². The third kappa shape index (κ3) is 5.67. The molecular formula is C57H33N3O. The molecular weight excluding hydrogens is 743 g/mol. The molecule has 1 aliphatic rings. The zero-order valence-electron chi connectivity index (χ0n) is 32.8. The predicted molar refractivity (Wildman–Crippen MR) is 249 cm³/mol. The molecule has 0 bridgehead atoms. The monoisotopic (exact) mass is 775 g/mol. The lowest BCUT2D eigenvalue weighted by molar-refractivity contribution is 0.487. The average molecular weight is 776 g/mol. The zero-order valence-corrected chi connectivity index (χ0v) is 32.8. The number of ether oxygens (including phenoxy) is 1. The molecule has 4 nitrogen and oxygen atoms in total. The number of aromatic nitrogens is 2. The molecule has 11 aromatic rings. The maximum atomic E-state index is 9.73. The lowest BCUT2D eigenvalue weighted by Gasteiger charge is -2.22. The molecule has 0 amide bonds. The minimum absolute atomic E-state index is 0.653. The van der Waals surface area contributed by atoms with Crippen LogP contribution in [0.25, 0.3) is 110 Å². The highest BCUT2D eigenvalue weighted by molar-refractivity contribution is 6.24. The molecule has 61 heavy (non-hydrogen) atoms. The van der Waals surface area contributed by atoms with Gasteiger partial charge in [-0.2, -0.15) is 5.26 Å². The van der Waals surface area contributed by atoms with Gasteiger partial charge in [0.2, 0.25) is 0 Å². The van der Waals surface area contributed by atoms with Crippen molar-refractivity contribution >= 4 is 43.1 Å². The lowest BCUT2D eigenvalue weighted by atomic mass is 9.86. The molecule has 0 aliphatic carbocycles. The van der Waals surface area contributed by atoms with Crippen molar-refractivity contribution < 1.29 is 4.74 Å². The Hall–Kier alpha value is -8.39. The highest BCUT2D eigenvalue weighted by Gasteiger charge is 2.22. The molecule has 0 saturated carbocycles. The summed E-state index contributed by atoms with van der Waals surface area (Å²) in [5.41, 5.74) is 13.5. The van der Waals surface area contributed by atoms with E-state index >= 15 is 0 Å². The second kappa shape index (κ2) is 13.9. The van der Waals surface area contributed by atoms with Gasteiger partial charge in [0, 0.05) is 39.9 Å². The summed E-state index contributed by atoms with van der Waals surface area (Å²) < 4.78 is 6.50. The van der Waals surface area contributed by atoms with Crippen molar-refractivity contribution in [1.82, 2.24) is 9.97 Å². The Morgan fingerprint density at radius 3 is 1.51 bits per heavy atom. The fourth-order valence-corrected chi connectivity index (χ4v) is 9.32. The normalized spacial score (nSPS) is 11.7. The minimum atomic E-state index is 0.653. The number of fused-ring (bicyclic) bond motifs is 7. The molecule has 0 saturated heterocycles. The average Bonchev–Trinajstić information content (AvgIpc) is 3.34. The van der Waals surface area contributed by atoms with E-state index in [2.05, 4.69) is 140 Å². The van der Waals surface area contributed by atoms with E-state index in [0.717, 1.165) is 78.2 Å². The van der Waals surface area contributed by atoms with Gasteiger partial charge in [-0.3, -0.25) is 9.97 Å². The van der Waals surface area contributed by atoms with Gasteiger partial charge in [0.15, 0.2) is 0 Å². The van der Waals surface area contributed by atoms with Crippen LogP contribution in [0.2, 0.25) is 0 Å². The molecule has 0 radical (unpaired) electrons. The van der Waals surface area contributed by atoms with E-state index in [4.69, 9.17) is 14.7 Å². The van der Waals surface area contributed by atoms with Gasteiger partial charge in [-0.05, 0) is 150 Å². The van der Waals surface area contributed by atoms with Crippen LogP contribution >= 0.6 is 0 Å². The SMILES string of the molecule is N#Cc1ccc2c3c(cccc13)Oc1cc(-c3ccc(-c4cc5c6ccccc6c(-c6cc(-c7ccccn7)cc(-c7ccccn7)c6)cc5c5ccccc45)cc3)ccc1-2. The fraction of sp³-hybridized carbons (Fsp3) is 0. The smallest absolute Gasteiger partial charge is 0.135 e. The molecule has 4 heteroatoms. The van der Waals surface area contributed by atoms with E-state index in [0.29, 0.717) is 5.56 Å². The van der Waals surface area contributed by atoms with E-state index in [1.807, 2.05) is 67.0 Å². The van der Waals surface area contributed by atoms with Crippen LogP contribution in [-0.4, -0.2) is 9.97 Å². The zero-order chi connectivity index (χ0) is 40.4. The van der Waals surface area contributed by atoms with E-state index in [1.54, 1.807) is 0 Å². The summed E-state index contributed by atoms with van der Waals surface area (Å²) in [6.07, 6.45) is 3.70. The van der Waals surface area contributed by atoms with Gasteiger partial charge in [0.1, 0.15) is 11.5 Å². The van der Waals surface area contributed by atoms with E-state index in [1.165, 1.54) is 43.4 Å². The van der Waals surface area contributed by atoms with Crippen molar-refractivity contribution in [2.75, 3.05) is 0 Å². The fourth-order valence-electron chi connectivity index (χ4n) is 9.32. The lowest BCUT2D eigenvalue weighted by Crippen LogP contribution is -1.98. The van der Waals surface area contributed by atoms with Gasteiger partial charge in [0.25, 0.3) is 0 Å². The van der Waals surface area contributed by atoms with Crippen LogP contribution in [0.4, 0.5) is 0 Å². The summed E-state index contributed by atoms with van der Waals surface area (Å²) in [5, 5.41) is 18.9. The van der Waals surface area contributed by atoms with Crippen LogP contribution in [0.1, 0.15) is 5.56 Å². The maximum Gasteiger partial charge on any atom is 0.135 e. The first-order valence-electron chi connectivity index (χ1n) is 20.4. The van der Waals surface area contributed by atoms with Crippen LogP contribution in [0.5, 0.6) is 11.5 Å². The van der Waals surface area contributed by atoms with E-state index in [9.17, 15) is 5.26 Å². The maximum absolute atomic E-state index is 9.73. The molecule has 0 atom stereocenters. The van der Waals surface area contributed by atoms with Gasteiger partial charge >= 0.3 is 0 Å². The van der Waals surface area contributed by atoms with Gasteiger partial charge in [-0.15, -0.1) is 0 Å². The number of pyridine rings is 2. The Morgan fingerprint density at radius 1 is 0.344 bits per heavy atom. The molecule has 0 fully saturated rings. The number of hydrogen-bond donors (Lipinski definition) is 0. The molecule has 0 N–H and O–H groups in total. The standard InChI is InChI=1S/C57H33N3O/c58-34-38-23-25-48-47-24-22-37(31-56(47)61-55-17-9-14-42(38)57(48)55)35-18-20-36(21-19-35)49-32-51-46-13-4-2-11-44(46)50(33-52(51)45-12-3-1-10-43(45)49)39-28-40(53-15-5-7-26-59-53)30-41(29-39)54-16-6-8-27-60-54/h1-33H. The molecule has 1 aliphatic heterocycles. The van der Waals surface area contributed by atoms with Crippen LogP contribution in [0, 0.1) is 11.3 Å². The third-order valence-electron chi connectivity index (χ3n) is 12.2.